The van der Waals surface area contributed by atoms with Gasteiger partial charge in [0.2, 0.25) is 0 Å². The maximum atomic E-state index is 12.2. The SMILES string of the molecule is CCC(C(=O)OC)C(=O)c1ccc2[nH]c(=O)oc2c1. The van der Waals surface area contributed by atoms with Gasteiger partial charge in [0.05, 0.1) is 12.6 Å². The summed E-state index contributed by atoms with van der Waals surface area (Å²) in [6.45, 7) is 1.73. The van der Waals surface area contributed by atoms with Crippen LogP contribution in [-0.2, 0) is 9.53 Å². The minimum absolute atomic E-state index is 0.288. The van der Waals surface area contributed by atoms with Crippen molar-refractivity contribution in [2.45, 2.75) is 13.3 Å². The standard InChI is InChI=1S/C13H13NO5/c1-3-8(12(16)18-2)11(15)7-4-5-9-10(6-7)19-13(17)14-9/h4-6,8H,3H2,1-2H3,(H,14,17). The minimum atomic E-state index is -0.840. The highest BCUT2D eigenvalue weighted by Gasteiger charge is 2.27. The van der Waals surface area contributed by atoms with E-state index in [1.807, 2.05) is 0 Å². The van der Waals surface area contributed by atoms with Crippen LogP contribution in [0.15, 0.2) is 27.4 Å². The van der Waals surface area contributed by atoms with E-state index in [0.29, 0.717) is 17.5 Å². The number of rotatable bonds is 4. The van der Waals surface area contributed by atoms with Crippen molar-refractivity contribution in [2.24, 2.45) is 5.92 Å². The number of methoxy groups -OCH3 is 1. The van der Waals surface area contributed by atoms with Crippen LogP contribution >= 0.6 is 0 Å². The van der Waals surface area contributed by atoms with Crippen LogP contribution in [0.2, 0.25) is 0 Å². The number of ether oxygens (including phenoxy) is 1. The Hall–Kier alpha value is -2.37. The Balaban J connectivity index is 2.39. The van der Waals surface area contributed by atoms with Crippen LogP contribution < -0.4 is 5.76 Å². The molecule has 100 valence electrons. The lowest BCUT2D eigenvalue weighted by atomic mass is 9.95. The number of Topliss-reactive ketones (excluding diaryl/α,β-unsaturated/α-hetero) is 1. The fraction of sp³-hybridized carbons (Fsp3) is 0.308. The zero-order valence-electron chi connectivity index (χ0n) is 10.6. The summed E-state index contributed by atoms with van der Waals surface area (Å²) in [6, 6.07) is 4.56. The number of carbonyl (C=O) groups excluding carboxylic acids is 2. The number of hydrogen-bond acceptors (Lipinski definition) is 5. The second-order valence-corrected chi connectivity index (χ2v) is 4.07. The third kappa shape index (κ3) is 2.42. The number of aromatic nitrogens is 1. The number of nitrogens with one attached hydrogen (secondary N) is 1. The number of carbonyl (C=O) groups is 2. The molecule has 1 unspecified atom stereocenters. The van der Waals surface area contributed by atoms with Gasteiger partial charge < -0.3 is 9.15 Å². The molecule has 0 aliphatic heterocycles. The number of ketones is 1. The Kier molecular flexibility index (Phi) is 3.50. The zero-order valence-corrected chi connectivity index (χ0v) is 10.6. The molecule has 2 aromatic rings. The van der Waals surface area contributed by atoms with Gasteiger partial charge in [0, 0.05) is 5.56 Å². The van der Waals surface area contributed by atoms with E-state index in [4.69, 9.17) is 4.42 Å². The largest absolute Gasteiger partial charge is 0.468 e. The first-order valence-electron chi connectivity index (χ1n) is 5.81. The van der Waals surface area contributed by atoms with Crippen molar-refractivity contribution in [3.63, 3.8) is 0 Å². The van der Waals surface area contributed by atoms with Crippen molar-refractivity contribution in [1.82, 2.24) is 4.98 Å². The van der Waals surface area contributed by atoms with E-state index >= 15 is 0 Å². The van der Waals surface area contributed by atoms with Crippen LogP contribution in [0.4, 0.5) is 0 Å². The van der Waals surface area contributed by atoms with Gasteiger partial charge in [-0.05, 0) is 24.6 Å². The Morgan fingerprint density at radius 1 is 1.42 bits per heavy atom. The average Bonchev–Trinajstić information content (AvgIpc) is 2.77. The quantitative estimate of drug-likeness (QED) is 0.513. The van der Waals surface area contributed by atoms with Crippen LogP contribution in [-0.4, -0.2) is 23.8 Å². The molecule has 6 nitrogen and oxygen atoms in total. The van der Waals surface area contributed by atoms with E-state index in [9.17, 15) is 14.4 Å². The topological polar surface area (TPSA) is 89.4 Å². The van der Waals surface area contributed by atoms with E-state index in [2.05, 4.69) is 9.72 Å². The van der Waals surface area contributed by atoms with E-state index in [1.54, 1.807) is 19.1 Å². The summed E-state index contributed by atoms with van der Waals surface area (Å²) >= 11 is 0. The molecule has 0 saturated carbocycles. The van der Waals surface area contributed by atoms with Gasteiger partial charge in [-0.1, -0.05) is 6.92 Å². The maximum Gasteiger partial charge on any atom is 0.417 e. The van der Waals surface area contributed by atoms with Gasteiger partial charge in [-0.3, -0.25) is 14.6 Å². The Morgan fingerprint density at radius 2 is 2.16 bits per heavy atom. The highest BCUT2D eigenvalue weighted by molar-refractivity contribution is 6.09. The summed E-state index contributed by atoms with van der Waals surface area (Å²) in [7, 11) is 1.24. The van der Waals surface area contributed by atoms with Crippen LogP contribution in [0, 0.1) is 5.92 Å². The van der Waals surface area contributed by atoms with E-state index in [-0.39, 0.29) is 11.4 Å². The van der Waals surface area contributed by atoms with Gasteiger partial charge in [-0.15, -0.1) is 0 Å². The van der Waals surface area contributed by atoms with Gasteiger partial charge in [0.25, 0.3) is 0 Å². The van der Waals surface area contributed by atoms with E-state index in [0.717, 1.165) is 0 Å². The summed E-state index contributed by atoms with van der Waals surface area (Å²) in [4.78, 5) is 37.2. The molecule has 1 atom stereocenters. The van der Waals surface area contributed by atoms with Crippen LogP contribution in [0.25, 0.3) is 11.1 Å². The van der Waals surface area contributed by atoms with Crippen LogP contribution in [0.1, 0.15) is 23.7 Å². The van der Waals surface area contributed by atoms with Crippen molar-refractivity contribution >= 4 is 22.9 Å². The molecule has 1 aromatic heterocycles. The van der Waals surface area contributed by atoms with Crippen LogP contribution in [0.3, 0.4) is 0 Å². The van der Waals surface area contributed by atoms with E-state index < -0.39 is 17.6 Å². The predicted molar refractivity (Wildman–Crippen MR) is 67.0 cm³/mol. The van der Waals surface area contributed by atoms with Crippen LogP contribution in [0.5, 0.6) is 0 Å². The number of esters is 1. The molecule has 0 radical (unpaired) electrons. The van der Waals surface area contributed by atoms with E-state index in [1.165, 1.54) is 13.2 Å². The summed E-state index contributed by atoms with van der Waals surface area (Å²) in [5.74, 6) is -2.34. The number of hydrogen-bond donors (Lipinski definition) is 1. The lowest BCUT2D eigenvalue weighted by Gasteiger charge is -2.10. The Bertz CT molecular complexity index is 682. The molecular weight excluding hydrogens is 250 g/mol. The second-order valence-electron chi connectivity index (χ2n) is 4.07. The molecule has 1 aromatic carbocycles. The molecule has 0 aliphatic rings. The third-order valence-corrected chi connectivity index (χ3v) is 2.92. The summed E-state index contributed by atoms with van der Waals surface area (Å²) in [5.41, 5.74) is 1.11. The van der Waals surface area contributed by atoms with Crippen molar-refractivity contribution in [2.75, 3.05) is 7.11 Å². The normalized spacial score (nSPS) is 12.3. The highest BCUT2D eigenvalue weighted by atomic mass is 16.5. The van der Waals surface area contributed by atoms with Gasteiger partial charge in [-0.2, -0.15) is 0 Å². The zero-order chi connectivity index (χ0) is 14.0. The molecule has 0 amide bonds. The summed E-state index contributed by atoms with van der Waals surface area (Å²) < 4.78 is 9.48. The summed E-state index contributed by atoms with van der Waals surface area (Å²) in [5, 5.41) is 0. The van der Waals surface area contributed by atoms with Crippen molar-refractivity contribution in [1.29, 1.82) is 0 Å². The molecule has 1 N–H and O–H groups in total. The molecular formula is C13H13NO5. The predicted octanol–water partition coefficient (Wildman–Crippen LogP) is 1.50. The second kappa shape index (κ2) is 5.09. The number of oxazole rings is 1. The van der Waals surface area contributed by atoms with Gasteiger partial charge in [0.15, 0.2) is 11.4 Å². The smallest absolute Gasteiger partial charge is 0.417 e. The van der Waals surface area contributed by atoms with Crippen molar-refractivity contribution < 1.29 is 18.7 Å². The Morgan fingerprint density at radius 3 is 2.79 bits per heavy atom. The lowest BCUT2D eigenvalue weighted by molar-refractivity contribution is -0.143. The fourth-order valence-corrected chi connectivity index (χ4v) is 1.90. The number of H-pyrrole nitrogens is 1. The highest BCUT2D eigenvalue weighted by Crippen LogP contribution is 2.18. The number of fused-ring (bicyclic) bond motifs is 1. The first-order valence-corrected chi connectivity index (χ1v) is 5.81. The van der Waals surface area contributed by atoms with Gasteiger partial charge in [0.1, 0.15) is 5.92 Å². The van der Waals surface area contributed by atoms with Gasteiger partial charge in [-0.25, -0.2) is 4.79 Å². The van der Waals surface area contributed by atoms with Crippen molar-refractivity contribution in [3.8, 4) is 0 Å². The molecule has 19 heavy (non-hydrogen) atoms. The molecule has 0 aliphatic carbocycles. The van der Waals surface area contributed by atoms with Crippen molar-refractivity contribution in [3.05, 3.63) is 34.3 Å². The average molecular weight is 263 g/mol. The molecule has 0 spiro atoms. The first kappa shape index (κ1) is 13.1. The third-order valence-electron chi connectivity index (χ3n) is 2.92. The molecule has 2 rings (SSSR count). The molecule has 6 heteroatoms. The number of benzene rings is 1. The van der Waals surface area contributed by atoms with Gasteiger partial charge >= 0.3 is 11.7 Å². The Labute approximate surface area is 108 Å². The molecule has 0 bridgehead atoms. The molecule has 0 fully saturated rings. The maximum absolute atomic E-state index is 12.2. The summed E-state index contributed by atoms with van der Waals surface area (Å²) in [6.07, 6.45) is 0.348. The molecule has 1 heterocycles. The lowest BCUT2D eigenvalue weighted by Crippen LogP contribution is -2.24. The minimum Gasteiger partial charge on any atom is -0.468 e. The molecule has 0 saturated heterocycles. The fourth-order valence-electron chi connectivity index (χ4n) is 1.90. The monoisotopic (exact) mass is 263 g/mol. The number of aromatic amines is 1. The first-order chi connectivity index (χ1) is 9.06.